The number of hydrogen-bond donors (Lipinski definition) is 3. The minimum Gasteiger partial charge on any atom is -0.355 e. The number of nitrogens with zero attached hydrogens (tertiary/aromatic N) is 1. The summed E-state index contributed by atoms with van der Waals surface area (Å²) in [6, 6.07) is 11.5. The molecule has 0 atom stereocenters. The highest BCUT2D eigenvalue weighted by atomic mass is 16.1. The van der Waals surface area contributed by atoms with E-state index in [9.17, 15) is 4.79 Å². The van der Waals surface area contributed by atoms with Crippen molar-refractivity contribution in [3.63, 3.8) is 0 Å². The second kappa shape index (κ2) is 5.05. The average molecular weight is 266 g/mol. The fourth-order valence-electron chi connectivity index (χ4n) is 2.10. The summed E-state index contributed by atoms with van der Waals surface area (Å²) in [5.74, 6) is -0.0842. The standard InChI is InChI=1S/C15H14N4O/c1-10(20)18-11-3-2-4-12(9-11)19-14-6-8-17-15-13(14)5-7-16-15/h2-9H,1H3,(H,18,20)(H2,16,17,19). The van der Waals surface area contributed by atoms with Crippen molar-refractivity contribution in [3.05, 3.63) is 48.8 Å². The van der Waals surface area contributed by atoms with Crippen LogP contribution >= 0.6 is 0 Å². The number of amides is 1. The van der Waals surface area contributed by atoms with Gasteiger partial charge in [-0.2, -0.15) is 0 Å². The summed E-state index contributed by atoms with van der Waals surface area (Å²) in [6.45, 7) is 1.49. The van der Waals surface area contributed by atoms with Crippen LogP contribution in [0.5, 0.6) is 0 Å². The highest BCUT2D eigenvalue weighted by molar-refractivity contribution is 5.92. The maximum Gasteiger partial charge on any atom is 0.221 e. The Hall–Kier alpha value is -2.82. The van der Waals surface area contributed by atoms with Crippen LogP contribution in [-0.4, -0.2) is 15.9 Å². The molecule has 0 spiro atoms. The molecule has 0 bridgehead atoms. The molecule has 0 unspecified atom stereocenters. The lowest BCUT2D eigenvalue weighted by Gasteiger charge is -2.09. The third kappa shape index (κ3) is 2.47. The number of aromatic nitrogens is 2. The number of aromatic amines is 1. The third-order valence-corrected chi connectivity index (χ3v) is 2.92. The van der Waals surface area contributed by atoms with Gasteiger partial charge in [-0.3, -0.25) is 4.79 Å². The van der Waals surface area contributed by atoms with Crippen molar-refractivity contribution in [3.8, 4) is 0 Å². The molecule has 0 aliphatic carbocycles. The van der Waals surface area contributed by atoms with Crippen LogP contribution < -0.4 is 10.6 Å². The maximum atomic E-state index is 11.1. The molecular formula is C15H14N4O. The van der Waals surface area contributed by atoms with Gasteiger partial charge in [0.2, 0.25) is 5.91 Å². The summed E-state index contributed by atoms with van der Waals surface area (Å²) >= 11 is 0. The van der Waals surface area contributed by atoms with E-state index in [1.807, 2.05) is 42.6 Å². The van der Waals surface area contributed by atoms with E-state index in [1.54, 1.807) is 6.20 Å². The number of benzene rings is 1. The number of carbonyl (C=O) groups excluding carboxylic acids is 1. The van der Waals surface area contributed by atoms with Crippen molar-refractivity contribution in [2.24, 2.45) is 0 Å². The van der Waals surface area contributed by atoms with Crippen molar-refractivity contribution in [1.29, 1.82) is 0 Å². The van der Waals surface area contributed by atoms with Crippen LogP contribution in [0.25, 0.3) is 11.0 Å². The largest absolute Gasteiger partial charge is 0.355 e. The van der Waals surface area contributed by atoms with Crippen LogP contribution in [0.1, 0.15) is 6.92 Å². The first-order valence-electron chi connectivity index (χ1n) is 6.29. The molecule has 5 nitrogen and oxygen atoms in total. The van der Waals surface area contributed by atoms with E-state index in [0.29, 0.717) is 0 Å². The molecular weight excluding hydrogens is 252 g/mol. The molecule has 3 aromatic rings. The van der Waals surface area contributed by atoms with Crippen molar-refractivity contribution in [1.82, 2.24) is 9.97 Å². The van der Waals surface area contributed by atoms with Gasteiger partial charge in [-0.15, -0.1) is 0 Å². The lowest BCUT2D eigenvalue weighted by atomic mass is 10.2. The molecule has 20 heavy (non-hydrogen) atoms. The lowest BCUT2D eigenvalue weighted by Crippen LogP contribution is -2.05. The van der Waals surface area contributed by atoms with Gasteiger partial charge in [-0.05, 0) is 30.3 Å². The summed E-state index contributed by atoms with van der Waals surface area (Å²) in [6.07, 6.45) is 3.61. The van der Waals surface area contributed by atoms with Gasteiger partial charge in [0.1, 0.15) is 5.65 Å². The minimum absolute atomic E-state index is 0.0842. The molecule has 2 aromatic heterocycles. The number of carbonyl (C=O) groups is 1. The van der Waals surface area contributed by atoms with Gasteiger partial charge < -0.3 is 15.6 Å². The number of hydrogen-bond acceptors (Lipinski definition) is 3. The van der Waals surface area contributed by atoms with Crippen molar-refractivity contribution < 1.29 is 4.79 Å². The van der Waals surface area contributed by atoms with Crippen LogP contribution in [-0.2, 0) is 4.79 Å². The SMILES string of the molecule is CC(=O)Nc1cccc(Nc2ccnc3[nH]ccc23)c1. The second-order valence-electron chi connectivity index (χ2n) is 4.49. The van der Waals surface area contributed by atoms with Crippen molar-refractivity contribution in [2.75, 3.05) is 10.6 Å². The van der Waals surface area contributed by atoms with Gasteiger partial charge in [0.25, 0.3) is 0 Å². The number of anilines is 3. The Morgan fingerprint density at radius 2 is 2.05 bits per heavy atom. The first-order valence-corrected chi connectivity index (χ1v) is 6.29. The molecule has 3 N–H and O–H groups in total. The third-order valence-electron chi connectivity index (χ3n) is 2.92. The van der Waals surface area contributed by atoms with Crippen LogP contribution in [0, 0.1) is 0 Å². The Morgan fingerprint density at radius 3 is 2.90 bits per heavy atom. The topological polar surface area (TPSA) is 69.8 Å². The molecule has 0 aliphatic heterocycles. The predicted molar refractivity (Wildman–Crippen MR) is 80.1 cm³/mol. The Balaban J connectivity index is 1.91. The first kappa shape index (κ1) is 12.2. The zero-order chi connectivity index (χ0) is 13.9. The summed E-state index contributed by atoms with van der Waals surface area (Å²) in [5, 5.41) is 7.13. The van der Waals surface area contributed by atoms with Gasteiger partial charge >= 0.3 is 0 Å². The van der Waals surface area contributed by atoms with Crippen molar-refractivity contribution in [2.45, 2.75) is 6.92 Å². The highest BCUT2D eigenvalue weighted by Gasteiger charge is 2.03. The molecule has 2 heterocycles. The van der Waals surface area contributed by atoms with E-state index in [2.05, 4.69) is 20.6 Å². The Kier molecular flexibility index (Phi) is 3.09. The van der Waals surface area contributed by atoms with Crippen LogP contribution in [0.15, 0.2) is 48.8 Å². The highest BCUT2D eigenvalue weighted by Crippen LogP contribution is 2.25. The summed E-state index contributed by atoms with van der Waals surface area (Å²) in [7, 11) is 0. The Morgan fingerprint density at radius 1 is 1.20 bits per heavy atom. The fourth-order valence-corrected chi connectivity index (χ4v) is 2.10. The molecule has 0 saturated heterocycles. The zero-order valence-electron chi connectivity index (χ0n) is 11.0. The van der Waals surface area contributed by atoms with Crippen LogP contribution in [0.3, 0.4) is 0 Å². The van der Waals surface area contributed by atoms with E-state index in [4.69, 9.17) is 0 Å². The number of fused-ring (bicyclic) bond motifs is 1. The molecule has 1 aromatic carbocycles. The quantitative estimate of drug-likeness (QED) is 0.681. The molecule has 0 aliphatic rings. The molecule has 1 amide bonds. The number of H-pyrrole nitrogens is 1. The van der Waals surface area contributed by atoms with E-state index in [0.717, 1.165) is 28.1 Å². The lowest BCUT2D eigenvalue weighted by molar-refractivity contribution is -0.114. The predicted octanol–water partition coefficient (Wildman–Crippen LogP) is 3.26. The summed E-state index contributed by atoms with van der Waals surface area (Å²) in [5.41, 5.74) is 3.48. The van der Waals surface area contributed by atoms with E-state index in [1.165, 1.54) is 6.92 Å². The smallest absolute Gasteiger partial charge is 0.221 e. The normalized spacial score (nSPS) is 10.4. The molecule has 0 radical (unpaired) electrons. The first-order chi connectivity index (χ1) is 9.72. The Bertz CT molecular complexity index is 763. The minimum atomic E-state index is -0.0842. The molecule has 0 fully saturated rings. The van der Waals surface area contributed by atoms with Gasteiger partial charge in [-0.1, -0.05) is 6.07 Å². The second-order valence-corrected chi connectivity index (χ2v) is 4.49. The van der Waals surface area contributed by atoms with Gasteiger partial charge in [0, 0.05) is 36.1 Å². The van der Waals surface area contributed by atoms with E-state index >= 15 is 0 Å². The molecule has 0 saturated carbocycles. The number of nitrogens with one attached hydrogen (secondary N) is 3. The van der Waals surface area contributed by atoms with Crippen LogP contribution in [0.2, 0.25) is 0 Å². The van der Waals surface area contributed by atoms with Crippen molar-refractivity contribution >= 4 is 34.0 Å². The van der Waals surface area contributed by atoms with Gasteiger partial charge in [0.05, 0.1) is 5.69 Å². The maximum absolute atomic E-state index is 11.1. The monoisotopic (exact) mass is 266 g/mol. The van der Waals surface area contributed by atoms with E-state index in [-0.39, 0.29) is 5.91 Å². The molecule has 100 valence electrons. The van der Waals surface area contributed by atoms with E-state index < -0.39 is 0 Å². The number of rotatable bonds is 3. The van der Waals surface area contributed by atoms with Crippen LogP contribution in [0.4, 0.5) is 17.1 Å². The Labute approximate surface area is 116 Å². The molecule has 3 rings (SSSR count). The summed E-state index contributed by atoms with van der Waals surface area (Å²) in [4.78, 5) is 18.4. The van der Waals surface area contributed by atoms with Gasteiger partial charge in [-0.25, -0.2) is 4.98 Å². The zero-order valence-corrected chi connectivity index (χ0v) is 11.0. The fraction of sp³-hybridized carbons (Fsp3) is 0.0667. The molecule has 5 heteroatoms. The summed E-state index contributed by atoms with van der Waals surface area (Å²) < 4.78 is 0. The van der Waals surface area contributed by atoms with Gasteiger partial charge in [0.15, 0.2) is 0 Å². The number of pyridine rings is 1. The average Bonchev–Trinajstić information content (AvgIpc) is 2.88.